The molecule has 3 aliphatic heterocycles. The molecule has 0 saturated carbocycles. The zero-order valence-electron chi connectivity index (χ0n) is 17.1. The molecule has 2 nitrogen and oxygen atoms in total. The highest BCUT2D eigenvalue weighted by atomic mass is 32.2. The van der Waals surface area contributed by atoms with Crippen LogP contribution in [0, 0.1) is 0 Å². The van der Waals surface area contributed by atoms with Gasteiger partial charge in [-0.2, -0.15) is 0 Å². The molecule has 30 heavy (non-hydrogen) atoms. The Labute approximate surface area is 181 Å². The minimum Gasteiger partial charge on any atom is -0.355 e. The quantitative estimate of drug-likeness (QED) is 0.472. The molecule has 7 rings (SSSR count). The van der Waals surface area contributed by atoms with Gasteiger partial charge in [0, 0.05) is 35.4 Å². The first-order valence-corrected chi connectivity index (χ1v) is 11.9. The largest absolute Gasteiger partial charge is 0.355 e. The number of benzene rings is 3. The van der Waals surface area contributed by atoms with Crippen LogP contribution in [0.3, 0.4) is 0 Å². The number of rotatable bonds is 1. The summed E-state index contributed by atoms with van der Waals surface area (Å²) in [6.45, 7) is 1.16. The Morgan fingerprint density at radius 1 is 1.00 bits per heavy atom. The fourth-order valence-electron chi connectivity index (χ4n) is 6.11. The van der Waals surface area contributed by atoms with Crippen molar-refractivity contribution in [3.63, 3.8) is 0 Å². The molecule has 3 atom stereocenters. The first-order chi connectivity index (χ1) is 14.8. The van der Waals surface area contributed by atoms with Gasteiger partial charge in [0.15, 0.2) is 0 Å². The second-order valence-electron chi connectivity index (χ2n) is 8.91. The first-order valence-electron chi connectivity index (χ1n) is 11.0. The summed E-state index contributed by atoms with van der Waals surface area (Å²) in [6, 6.07) is 22.6. The van der Waals surface area contributed by atoms with Gasteiger partial charge in [-0.1, -0.05) is 54.6 Å². The minimum atomic E-state index is 0.472. The Hall–Kier alpha value is -2.65. The lowest BCUT2D eigenvalue weighted by molar-refractivity contribution is 0.192. The van der Waals surface area contributed by atoms with Crippen LogP contribution in [0.1, 0.15) is 24.3 Å². The number of thioether (sulfide) groups is 1. The highest BCUT2D eigenvalue weighted by Gasteiger charge is 2.53. The van der Waals surface area contributed by atoms with Crippen LogP contribution in [0.4, 0.5) is 0 Å². The molecule has 3 aromatic rings. The zero-order chi connectivity index (χ0) is 19.8. The van der Waals surface area contributed by atoms with Gasteiger partial charge >= 0.3 is 0 Å². The van der Waals surface area contributed by atoms with E-state index in [-0.39, 0.29) is 0 Å². The molecule has 3 aromatic carbocycles. The van der Waals surface area contributed by atoms with Crippen LogP contribution in [-0.4, -0.2) is 34.8 Å². The SMILES string of the molecule is CN1C2=C(C=CCC2)N2CC3Sc4ccc(-c5cccc6ccccc56)cc4C3C12. The van der Waals surface area contributed by atoms with Crippen LogP contribution in [0.2, 0.25) is 0 Å². The van der Waals surface area contributed by atoms with E-state index in [1.54, 1.807) is 11.3 Å². The van der Waals surface area contributed by atoms with E-state index in [1.165, 1.54) is 45.3 Å². The van der Waals surface area contributed by atoms with Crippen LogP contribution in [0.15, 0.2) is 89.1 Å². The predicted molar refractivity (Wildman–Crippen MR) is 125 cm³/mol. The summed E-state index contributed by atoms with van der Waals surface area (Å²) >= 11 is 2.10. The summed E-state index contributed by atoms with van der Waals surface area (Å²) in [5, 5.41) is 3.31. The molecule has 1 saturated heterocycles. The molecule has 3 heteroatoms. The van der Waals surface area contributed by atoms with E-state index < -0.39 is 0 Å². The smallest absolute Gasteiger partial charge is 0.109 e. The van der Waals surface area contributed by atoms with Gasteiger partial charge in [0.1, 0.15) is 6.17 Å². The second-order valence-corrected chi connectivity index (χ2v) is 10.2. The molecule has 3 unspecified atom stereocenters. The molecule has 0 amide bonds. The first kappa shape index (κ1) is 17.1. The van der Waals surface area contributed by atoms with Gasteiger partial charge in [-0.05, 0) is 58.5 Å². The Balaban J connectivity index is 1.33. The fraction of sp³-hybridized carbons (Fsp3) is 0.259. The van der Waals surface area contributed by atoms with Crippen molar-refractivity contribution in [2.24, 2.45) is 0 Å². The van der Waals surface area contributed by atoms with Crippen molar-refractivity contribution < 1.29 is 0 Å². The van der Waals surface area contributed by atoms with Gasteiger partial charge in [-0.3, -0.25) is 0 Å². The summed E-state index contributed by atoms with van der Waals surface area (Å²) in [5.41, 5.74) is 7.28. The van der Waals surface area contributed by atoms with Crippen LogP contribution in [-0.2, 0) is 0 Å². The monoisotopic (exact) mass is 408 g/mol. The number of hydrogen-bond donors (Lipinski definition) is 0. The molecule has 0 radical (unpaired) electrons. The Morgan fingerprint density at radius 2 is 1.90 bits per heavy atom. The normalized spacial score (nSPS) is 26.2. The number of likely N-dealkylation sites (N-methyl/N-ethyl adjacent to an activating group) is 1. The maximum atomic E-state index is 2.68. The Morgan fingerprint density at radius 3 is 2.87 bits per heavy atom. The average molecular weight is 409 g/mol. The molecule has 3 heterocycles. The lowest BCUT2D eigenvalue weighted by Gasteiger charge is -2.30. The third kappa shape index (κ3) is 2.22. The second kappa shape index (κ2) is 6.18. The maximum absolute atomic E-state index is 2.68. The molecule has 0 aromatic heterocycles. The van der Waals surface area contributed by atoms with E-state index in [4.69, 9.17) is 0 Å². The lowest BCUT2D eigenvalue weighted by Crippen LogP contribution is -2.37. The predicted octanol–water partition coefficient (Wildman–Crippen LogP) is 6.21. The highest BCUT2D eigenvalue weighted by Crippen LogP contribution is 2.57. The van der Waals surface area contributed by atoms with E-state index in [0.29, 0.717) is 17.3 Å². The summed E-state index contributed by atoms with van der Waals surface area (Å²) in [7, 11) is 2.32. The molecular weight excluding hydrogens is 384 g/mol. The van der Waals surface area contributed by atoms with Crippen LogP contribution >= 0.6 is 11.8 Å². The van der Waals surface area contributed by atoms with Crippen molar-refractivity contribution in [3.8, 4) is 11.1 Å². The van der Waals surface area contributed by atoms with Crippen molar-refractivity contribution in [3.05, 3.63) is 89.8 Å². The molecule has 0 bridgehead atoms. The summed E-state index contributed by atoms with van der Waals surface area (Å²) in [4.78, 5) is 6.76. The van der Waals surface area contributed by atoms with E-state index in [2.05, 4.69) is 101 Å². The number of nitrogens with zero attached hydrogens (tertiary/aromatic N) is 2. The van der Waals surface area contributed by atoms with E-state index >= 15 is 0 Å². The van der Waals surface area contributed by atoms with Gasteiger partial charge in [-0.25, -0.2) is 0 Å². The maximum Gasteiger partial charge on any atom is 0.109 e. The molecular formula is C27H24N2S. The zero-order valence-corrected chi connectivity index (χ0v) is 17.9. The number of fused-ring (bicyclic) bond motifs is 7. The molecule has 148 valence electrons. The van der Waals surface area contributed by atoms with E-state index in [1.807, 2.05) is 0 Å². The highest BCUT2D eigenvalue weighted by molar-refractivity contribution is 8.00. The molecule has 4 aliphatic rings. The fourth-order valence-corrected chi connectivity index (χ4v) is 7.58. The lowest BCUT2D eigenvalue weighted by atomic mass is 9.90. The molecule has 0 N–H and O–H groups in total. The van der Waals surface area contributed by atoms with Crippen molar-refractivity contribution >= 4 is 22.5 Å². The molecule has 0 spiro atoms. The van der Waals surface area contributed by atoms with Crippen molar-refractivity contribution in [2.75, 3.05) is 13.6 Å². The number of allylic oxidation sites excluding steroid dienone is 3. The van der Waals surface area contributed by atoms with Crippen LogP contribution < -0.4 is 0 Å². The van der Waals surface area contributed by atoms with E-state index in [9.17, 15) is 0 Å². The topological polar surface area (TPSA) is 6.48 Å². The summed E-state index contributed by atoms with van der Waals surface area (Å²) < 4.78 is 0. The Bertz CT molecular complexity index is 1250. The van der Waals surface area contributed by atoms with Crippen LogP contribution in [0.25, 0.3) is 21.9 Å². The number of hydrogen-bond acceptors (Lipinski definition) is 3. The van der Waals surface area contributed by atoms with E-state index in [0.717, 1.165) is 6.54 Å². The minimum absolute atomic E-state index is 0.472. The van der Waals surface area contributed by atoms with Gasteiger partial charge in [0.25, 0.3) is 0 Å². The van der Waals surface area contributed by atoms with Crippen molar-refractivity contribution in [1.29, 1.82) is 0 Å². The molecule has 1 aliphatic carbocycles. The molecule has 1 fully saturated rings. The van der Waals surface area contributed by atoms with Gasteiger partial charge < -0.3 is 9.80 Å². The van der Waals surface area contributed by atoms with Crippen molar-refractivity contribution in [1.82, 2.24) is 9.80 Å². The van der Waals surface area contributed by atoms with Gasteiger partial charge in [0.05, 0.1) is 5.70 Å². The summed E-state index contributed by atoms with van der Waals surface area (Å²) in [5.74, 6) is 0.573. The van der Waals surface area contributed by atoms with Gasteiger partial charge in [0.2, 0.25) is 0 Å². The third-order valence-corrected chi connectivity index (χ3v) is 8.79. The van der Waals surface area contributed by atoms with Crippen molar-refractivity contribution in [2.45, 2.75) is 35.1 Å². The van der Waals surface area contributed by atoms with Crippen LogP contribution in [0.5, 0.6) is 0 Å². The third-order valence-electron chi connectivity index (χ3n) is 7.42. The van der Waals surface area contributed by atoms with Gasteiger partial charge in [-0.15, -0.1) is 11.8 Å². The summed E-state index contributed by atoms with van der Waals surface area (Å²) in [6.07, 6.45) is 7.55. The average Bonchev–Trinajstić information content (AvgIpc) is 3.41. The standard InChI is InChI=1S/C27H24N2S/c1-28-22-11-4-5-12-23(22)29-16-25-26(27(28)29)21-15-18(13-14-24(21)30-25)20-10-6-8-17-7-2-3-9-19(17)20/h2-3,5-10,12-15,25-27H,4,11,16H2,1H3. The Kier molecular flexibility index (Phi) is 3.52.